The summed E-state index contributed by atoms with van der Waals surface area (Å²) in [6.07, 6.45) is 1.11. The van der Waals surface area contributed by atoms with Crippen molar-refractivity contribution in [3.63, 3.8) is 0 Å². The van der Waals surface area contributed by atoms with Crippen LogP contribution in [-0.2, 0) is 4.79 Å². The van der Waals surface area contributed by atoms with Crippen LogP contribution in [0.2, 0.25) is 5.02 Å². The number of rotatable bonds is 1. The number of halogens is 1. The molecule has 4 N–H and O–H groups in total. The second-order valence-corrected chi connectivity index (χ2v) is 6.81. The van der Waals surface area contributed by atoms with Crippen molar-refractivity contribution >= 4 is 17.6 Å². The van der Waals surface area contributed by atoms with Crippen LogP contribution in [0.25, 0.3) is 0 Å². The second kappa shape index (κ2) is 7.78. The average molecular weight is 313 g/mol. The van der Waals surface area contributed by atoms with Crippen molar-refractivity contribution in [1.82, 2.24) is 5.32 Å². The molecule has 1 saturated heterocycles. The standard InChI is InChI=1S/C11H15ClN2.C5H10O2/c12-9-3-1-8(2-4-9)10-5-6-14-7-11(10)13;1-5(2,3)4(6)7/h1-4,10-11,14H,5-7,13H2;1-3H3,(H,6,7)/t10-,11+;/m0./s1. The topological polar surface area (TPSA) is 75.3 Å². The maximum absolute atomic E-state index is 10.0. The predicted molar refractivity (Wildman–Crippen MR) is 86.7 cm³/mol. The zero-order valence-electron chi connectivity index (χ0n) is 12.9. The molecule has 1 aliphatic rings. The molecular weight excluding hydrogens is 288 g/mol. The van der Waals surface area contributed by atoms with E-state index in [4.69, 9.17) is 22.4 Å². The summed E-state index contributed by atoms with van der Waals surface area (Å²) >= 11 is 5.84. The van der Waals surface area contributed by atoms with Crippen LogP contribution >= 0.6 is 11.6 Å². The predicted octanol–water partition coefficient (Wildman–Crippen LogP) is 2.86. The first kappa shape index (κ1) is 18.0. The van der Waals surface area contributed by atoms with Gasteiger partial charge in [-0.1, -0.05) is 23.7 Å². The van der Waals surface area contributed by atoms with Crippen molar-refractivity contribution < 1.29 is 9.90 Å². The minimum atomic E-state index is -0.757. The van der Waals surface area contributed by atoms with Gasteiger partial charge >= 0.3 is 5.97 Å². The Morgan fingerprint density at radius 3 is 2.29 bits per heavy atom. The number of carboxylic acids is 1. The molecule has 4 nitrogen and oxygen atoms in total. The maximum atomic E-state index is 10.0. The van der Waals surface area contributed by atoms with E-state index in [-0.39, 0.29) is 6.04 Å². The second-order valence-electron chi connectivity index (χ2n) is 6.37. The van der Waals surface area contributed by atoms with Gasteiger partial charge in [0.2, 0.25) is 0 Å². The lowest BCUT2D eigenvalue weighted by molar-refractivity contribution is -0.145. The van der Waals surface area contributed by atoms with E-state index >= 15 is 0 Å². The number of aliphatic carboxylic acids is 1. The number of carboxylic acid groups (broad SMARTS) is 1. The minimum absolute atomic E-state index is 0.227. The Labute approximate surface area is 131 Å². The number of nitrogens with two attached hydrogens (primary N) is 1. The molecule has 0 spiro atoms. The molecule has 118 valence electrons. The summed E-state index contributed by atoms with van der Waals surface area (Å²) in [5, 5.41) is 12.3. The van der Waals surface area contributed by atoms with Gasteiger partial charge in [0.1, 0.15) is 0 Å². The highest BCUT2D eigenvalue weighted by molar-refractivity contribution is 6.30. The van der Waals surface area contributed by atoms with E-state index in [1.54, 1.807) is 20.8 Å². The summed E-state index contributed by atoms with van der Waals surface area (Å²) in [6.45, 7) is 6.95. The average Bonchev–Trinajstić information content (AvgIpc) is 2.40. The van der Waals surface area contributed by atoms with E-state index < -0.39 is 11.4 Å². The van der Waals surface area contributed by atoms with Crippen LogP contribution in [0.4, 0.5) is 0 Å². The first-order chi connectivity index (χ1) is 9.71. The smallest absolute Gasteiger partial charge is 0.308 e. The van der Waals surface area contributed by atoms with Crippen LogP contribution in [0.1, 0.15) is 38.7 Å². The normalized spacial score (nSPS) is 22.1. The molecule has 1 aromatic rings. The molecule has 1 aromatic carbocycles. The van der Waals surface area contributed by atoms with Gasteiger partial charge in [0.15, 0.2) is 0 Å². The van der Waals surface area contributed by atoms with Crippen molar-refractivity contribution in [3.05, 3.63) is 34.9 Å². The Bertz CT molecular complexity index is 454. The molecule has 1 heterocycles. The molecule has 1 aliphatic heterocycles. The van der Waals surface area contributed by atoms with Gasteiger partial charge in [0.25, 0.3) is 0 Å². The Kier molecular flexibility index (Phi) is 6.65. The van der Waals surface area contributed by atoms with Crippen LogP contribution in [0.5, 0.6) is 0 Å². The Morgan fingerprint density at radius 2 is 1.86 bits per heavy atom. The van der Waals surface area contributed by atoms with E-state index in [1.165, 1.54) is 5.56 Å². The van der Waals surface area contributed by atoms with Gasteiger partial charge in [-0.15, -0.1) is 0 Å². The summed E-state index contributed by atoms with van der Waals surface area (Å²) in [4.78, 5) is 10.0. The largest absolute Gasteiger partial charge is 0.481 e. The maximum Gasteiger partial charge on any atom is 0.308 e. The van der Waals surface area contributed by atoms with E-state index in [1.807, 2.05) is 12.1 Å². The summed E-state index contributed by atoms with van der Waals surface area (Å²) in [7, 11) is 0. The van der Waals surface area contributed by atoms with Gasteiger partial charge < -0.3 is 16.2 Å². The molecule has 0 bridgehead atoms. The summed E-state index contributed by atoms with van der Waals surface area (Å²) < 4.78 is 0. The van der Waals surface area contributed by atoms with Crippen LogP contribution in [0.15, 0.2) is 24.3 Å². The van der Waals surface area contributed by atoms with Crippen LogP contribution in [0.3, 0.4) is 0 Å². The summed E-state index contributed by atoms with van der Waals surface area (Å²) in [6, 6.07) is 8.26. The van der Waals surface area contributed by atoms with Gasteiger partial charge in [-0.25, -0.2) is 0 Å². The van der Waals surface area contributed by atoms with Crippen molar-refractivity contribution in [2.75, 3.05) is 13.1 Å². The lowest BCUT2D eigenvalue weighted by atomic mass is 9.87. The summed E-state index contributed by atoms with van der Waals surface area (Å²) in [5.74, 6) is -0.277. The van der Waals surface area contributed by atoms with Crippen molar-refractivity contribution in [2.24, 2.45) is 11.1 Å². The van der Waals surface area contributed by atoms with Crippen molar-refractivity contribution in [3.8, 4) is 0 Å². The minimum Gasteiger partial charge on any atom is -0.481 e. The zero-order chi connectivity index (χ0) is 16.0. The van der Waals surface area contributed by atoms with Gasteiger partial charge in [0.05, 0.1) is 5.41 Å². The fraction of sp³-hybridized carbons (Fsp3) is 0.562. The molecule has 0 aromatic heterocycles. The monoisotopic (exact) mass is 312 g/mol. The van der Waals surface area contributed by atoms with Crippen molar-refractivity contribution in [2.45, 2.75) is 39.2 Å². The highest BCUT2D eigenvalue weighted by Crippen LogP contribution is 2.25. The Balaban J connectivity index is 0.000000270. The van der Waals surface area contributed by atoms with E-state index in [0.29, 0.717) is 5.92 Å². The third-order valence-electron chi connectivity index (χ3n) is 3.47. The van der Waals surface area contributed by atoms with Crippen LogP contribution < -0.4 is 11.1 Å². The molecule has 0 radical (unpaired) electrons. The van der Waals surface area contributed by atoms with Gasteiger partial charge in [-0.2, -0.15) is 0 Å². The van der Waals surface area contributed by atoms with E-state index in [0.717, 1.165) is 24.5 Å². The summed E-state index contributed by atoms with van der Waals surface area (Å²) in [5.41, 5.74) is 6.78. The first-order valence-corrected chi connectivity index (χ1v) is 7.54. The lowest BCUT2D eigenvalue weighted by Gasteiger charge is -2.29. The Morgan fingerprint density at radius 1 is 1.33 bits per heavy atom. The van der Waals surface area contributed by atoms with Crippen molar-refractivity contribution in [1.29, 1.82) is 0 Å². The Hall–Kier alpha value is -1.10. The molecule has 2 atom stereocenters. The molecule has 5 heteroatoms. The highest BCUT2D eigenvalue weighted by Gasteiger charge is 2.22. The number of hydrogen-bond acceptors (Lipinski definition) is 3. The van der Waals surface area contributed by atoms with Gasteiger partial charge in [0, 0.05) is 23.5 Å². The van der Waals surface area contributed by atoms with E-state index in [9.17, 15) is 4.79 Å². The molecule has 0 saturated carbocycles. The quantitative estimate of drug-likeness (QED) is 0.745. The van der Waals surface area contributed by atoms with Crippen LogP contribution in [0, 0.1) is 5.41 Å². The first-order valence-electron chi connectivity index (χ1n) is 7.17. The molecule has 0 unspecified atom stereocenters. The van der Waals surface area contributed by atoms with Gasteiger partial charge in [-0.3, -0.25) is 4.79 Å². The number of nitrogens with one attached hydrogen (secondary N) is 1. The highest BCUT2D eigenvalue weighted by atomic mass is 35.5. The molecular formula is C16H25ClN2O2. The molecule has 2 rings (SSSR count). The fourth-order valence-electron chi connectivity index (χ4n) is 2.01. The van der Waals surface area contributed by atoms with Crippen LogP contribution in [-0.4, -0.2) is 30.2 Å². The lowest BCUT2D eigenvalue weighted by Crippen LogP contribution is -2.44. The van der Waals surface area contributed by atoms with Gasteiger partial charge in [-0.05, 0) is 51.4 Å². The van der Waals surface area contributed by atoms with E-state index in [2.05, 4.69) is 17.4 Å². The zero-order valence-corrected chi connectivity index (χ0v) is 13.7. The number of piperidine rings is 1. The number of hydrogen-bond donors (Lipinski definition) is 3. The SMILES string of the molecule is CC(C)(C)C(=O)O.N[C@@H]1CNCC[C@H]1c1ccc(Cl)cc1. The molecule has 1 fully saturated rings. The third kappa shape index (κ3) is 6.04. The molecule has 0 aliphatic carbocycles. The number of carbonyl (C=O) groups is 1. The third-order valence-corrected chi connectivity index (χ3v) is 3.72. The molecule has 21 heavy (non-hydrogen) atoms. The number of benzene rings is 1. The fourth-order valence-corrected chi connectivity index (χ4v) is 2.13. The molecule has 0 amide bonds.